The van der Waals surface area contributed by atoms with Crippen LogP contribution in [0.25, 0.3) is 0 Å². The molecule has 2 rings (SSSR count). The molecule has 2 N–H and O–H groups in total. The van der Waals surface area contributed by atoms with Gasteiger partial charge in [-0.1, -0.05) is 0 Å². The molecule has 0 aromatic carbocycles. The van der Waals surface area contributed by atoms with E-state index in [-0.39, 0.29) is 11.8 Å². The van der Waals surface area contributed by atoms with Gasteiger partial charge in [-0.25, -0.2) is 4.98 Å². The smallest absolute Gasteiger partial charge is 0.230 e. The molecule has 0 spiro atoms. The van der Waals surface area contributed by atoms with E-state index in [0.717, 1.165) is 19.5 Å². The van der Waals surface area contributed by atoms with E-state index in [1.165, 1.54) is 11.5 Å². The fourth-order valence-electron chi connectivity index (χ4n) is 1.43. The molecule has 6 heteroatoms. The summed E-state index contributed by atoms with van der Waals surface area (Å²) in [5.41, 5.74) is 0. The first-order valence-electron chi connectivity index (χ1n) is 4.57. The van der Waals surface area contributed by atoms with Crippen molar-refractivity contribution < 1.29 is 4.79 Å². The van der Waals surface area contributed by atoms with E-state index >= 15 is 0 Å². The lowest BCUT2D eigenvalue weighted by Crippen LogP contribution is -2.24. The fourth-order valence-corrected chi connectivity index (χ4v) is 2.01. The van der Waals surface area contributed by atoms with Crippen molar-refractivity contribution >= 4 is 22.6 Å². The number of aryl methyl sites for hydroxylation is 1. The van der Waals surface area contributed by atoms with Gasteiger partial charge in [0.25, 0.3) is 0 Å². The van der Waals surface area contributed by atoms with Crippen LogP contribution in [0.5, 0.6) is 0 Å². The quantitative estimate of drug-likeness (QED) is 0.744. The minimum absolute atomic E-state index is 0.0474. The second kappa shape index (κ2) is 4.02. The first-order valence-corrected chi connectivity index (χ1v) is 5.35. The average molecular weight is 212 g/mol. The summed E-state index contributed by atoms with van der Waals surface area (Å²) in [5, 5.41) is 6.52. The van der Waals surface area contributed by atoms with Gasteiger partial charge in [0.1, 0.15) is 5.82 Å². The van der Waals surface area contributed by atoms with Crippen LogP contribution in [0.4, 0.5) is 5.13 Å². The minimum Gasteiger partial charge on any atom is -0.316 e. The molecule has 1 amide bonds. The third-order valence-electron chi connectivity index (χ3n) is 2.19. The van der Waals surface area contributed by atoms with Crippen molar-refractivity contribution in [3.63, 3.8) is 0 Å². The topological polar surface area (TPSA) is 66.9 Å². The highest BCUT2D eigenvalue weighted by Gasteiger charge is 2.22. The number of rotatable bonds is 2. The highest BCUT2D eigenvalue weighted by Crippen LogP contribution is 2.14. The van der Waals surface area contributed by atoms with Crippen LogP contribution in [0.1, 0.15) is 12.2 Å². The lowest BCUT2D eigenvalue weighted by molar-refractivity contribution is -0.119. The molecule has 5 nitrogen and oxygen atoms in total. The van der Waals surface area contributed by atoms with E-state index in [0.29, 0.717) is 11.0 Å². The molecule has 76 valence electrons. The summed E-state index contributed by atoms with van der Waals surface area (Å²) >= 11 is 1.22. The van der Waals surface area contributed by atoms with Crippen molar-refractivity contribution in [3.8, 4) is 0 Å². The lowest BCUT2D eigenvalue weighted by atomic mass is 10.1. The van der Waals surface area contributed by atoms with E-state index in [1.54, 1.807) is 0 Å². The second-order valence-electron chi connectivity index (χ2n) is 3.33. The van der Waals surface area contributed by atoms with Gasteiger partial charge in [0.05, 0.1) is 5.92 Å². The van der Waals surface area contributed by atoms with Gasteiger partial charge < -0.3 is 10.6 Å². The molecule has 0 radical (unpaired) electrons. The van der Waals surface area contributed by atoms with Gasteiger partial charge in [0, 0.05) is 18.1 Å². The van der Waals surface area contributed by atoms with Gasteiger partial charge in [-0.2, -0.15) is 4.37 Å². The number of carbonyl (C=O) groups excluding carboxylic acids is 1. The van der Waals surface area contributed by atoms with E-state index < -0.39 is 0 Å². The van der Waals surface area contributed by atoms with Gasteiger partial charge in [0.2, 0.25) is 11.0 Å². The predicted octanol–water partition coefficient (Wildman–Crippen LogP) is 0.395. The molecule has 1 atom stereocenters. The number of hydrogen-bond donors (Lipinski definition) is 2. The van der Waals surface area contributed by atoms with Crippen LogP contribution < -0.4 is 10.6 Å². The number of nitrogens with one attached hydrogen (secondary N) is 2. The second-order valence-corrected chi connectivity index (χ2v) is 4.08. The Morgan fingerprint density at radius 1 is 1.71 bits per heavy atom. The number of amides is 1. The zero-order valence-corrected chi connectivity index (χ0v) is 8.73. The molecule has 0 saturated carbocycles. The number of hydrogen-bond acceptors (Lipinski definition) is 5. The van der Waals surface area contributed by atoms with E-state index in [9.17, 15) is 4.79 Å². The van der Waals surface area contributed by atoms with E-state index in [2.05, 4.69) is 20.0 Å². The maximum Gasteiger partial charge on any atom is 0.230 e. The van der Waals surface area contributed by atoms with Crippen LogP contribution in [-0.4, -0.2) is 28.4 Å². The van der Waals surface area contributed by atoms with Crippen molar-refractivity contribution in [2.24, 2.45) is 5.92 Å². The third kappa shape index (κ3) is 2.08. The molecular weight excluding hydrogens is 200 g/mol. The fraction of sp³-hybridized carbons (Fsp3) is 0.625. The standard InChI is InChI=1S/C8H12N4OS/c1-5-10-8(14-12-5)11-7(13)6-2-3-9-4-6/h6,9H,2-4H2,1H3,(H,10,11,12,13). The van der Waals surface area contributed by atoms with Gasteiger partial charge in [0.15, 0.2) is 0 Å². The number of carbonyl (C=O) groups is 1. The summed E-state index contributed by atoms with van der Waals surface area (Å²) in [7, 11) is 0. The maximum absolute atomic E-state index is 11.6. The maximum atomic E-state index is 11.6. The van der Waals surface area contributed by atoms with Crippen molar-refractivity contribution in [2.75, 3.05) is 18.4 Å². The molecule has 0 bridgehead atoms. The zero-order valence-electron chi connectivity index (χ0n) is 7.91. The van der Waals surface area contributed by atoms with Crippen LogP contribution in [0.3, 0.4) is 0 Å². The Bertz CT molecular complexity index is 332. The summed E-state index contributed by atoms with van der Waals surface area (Å²) in [4.78, 5) is 15.7. The Balaban J connectivity index is 1.93. The van der Waals surface area contributed by atoms with E-state index in [1.807, 2.05) is 6.92 Å². The molecule has 1 aliphatic rings. The van der Waals surface area contributed by atoms with Crippen LogP contribution in [0.15, 0.2) is 0 Å². The number of anilines is 1. The molecule has 14 heavy (non-hydrogen) atoms. The van der Waals surface area contributed by atoms with Crippen LogP contribution in [0, 0.1) is 12.8 Å². The molecule has 1 unspecified atom stereocenters. The molecule has 1 fully saturated rings. The Morgan fingerprint density at radius 2 is 2.57 bits per heavy atom. The summed E-state index contributed by atoms with van der Waals surface area (Å²) in [5.74, 6) is 0.834. The summed E-state index contributed by atoms with van der Waals surface area (Å²) in [6.07, 6.45) is 0.906. The van der Waals surface area contributed by atoms with E-state index in [4.69, 9.17) is 0 Å². The van der Waals surface area contributed by atoms with Gasteiger partial charge >= 0.3 is 0 Å². The Hall–Kier alpha value is -1.01. The van der Waals surface area contributed by atoms with Gasteiger partial charge in [-0.15, -0.1) is 0 Å². The number of aromatic nitrogens is 2. The molecule has 2 heterocycles. The first-order chi connectivity index (χ1) is 6.75. The molecule has 1 saturated heterocycles. The summed E-state index contributed by atoms with van der Waals surface area (Å²) in [6.45, 7) is 3.50. The molecule has 1 aromatic rings. The average Bonchev–Trinajstić information content (AvgIpc) is 2.75. The molecule has 1 aliphatic heterocycles. The third-order valence-corrected chi connectivity index (χ3v) is 2.91. The number of nitrogens with zero attached hydrogens (tertiary/aromatic N) is 2. The lowest BCUT2D eigenvalue weighted by Gasteiger charge is -2.05. The van der Waals surface area contributed by atoms with Crippen LogP contribution >= 0.6 is 11.5 Å². The molecular formula is C8H12N4OS. The normalized spacial score (nSPS) is 21.1. The highest BCUT2D eigenvalue weighted by molar-refractivity contribution is 7.09. The SMILES string of the molecule is Cc1nsc(NC(=O)C2CCNC2)n1. The summed E-state index contributed by atoms with van der Waals surface area (Å²) in [6, 6.07) is 0. The van der Waals surface area contributed by atoms with Crippen molar-refractivity contribution in [1.29, 1.82) is 0 Å². The molecule has 0 aliphatic carbocycles. The van der Waals surface area contributed by atoms with Crippen LogP contribution in [-0.2, 0) is 4.79 Å². The minimum atomic E-state index is 0.0474. The Morgan fingerprint density at radius 3 is 3.14 bits per heavy atom. The first kappa shape index (κ1) is 9.54. The predicted molar refractivity (Wildman–Crippen MR) is 54.3 cm³/mol. The Labute approximate surface area is 86.1 Å². The van der Waals surface area contributed by atoms with Gasteiger partial charge in [-0.3, -0.25) is 4.79 Å². The van der Waals surface area contributed by atoms with Crippen LogP contribution in [0.2, 0.25) is 0 Å². The molecule has 1 aromatic heterocycles. The van der Waals surface area contributed by atoms with Crippen molar-refractivity contribution in [2.45, 2.75) is 13.3 Å². The highest BCUT2D eigenvalue weighted by atomic mass is 32.1. The van der Waals surface area contributed by atoms with Crippen molar-refractivity contribution in [3.05, 3.63) is 5.82 Å². The largest absolute Gasteiger partial charge is 0.316 e. The zero-order chi connectivity index (χ0) is 9.97. The summed E-state index contributed by atoms with van der Waals surface area (Å²) < 4.78 is 4.00. The van der Waals surface area contributed by atoms with Crippen molar-refractivity contribution in [1.82, 2.24) is 14.7 Å². The Kier molecular flexibility index (Phi) is 2.74. The van der Waals surface area contributed by atoms with Gasteiger partial charge in [-0.05, 0) is 19.9 Å². The monoisotopic (exact) mass is 212 g/mol.